The van der Waals surface area contributed by atoms with Gasteiger partial charge in [0, 0.05) is 15.8 Å². The van der Waals surface area contributed by atoms with Crippen molar-refractivity contribution in [1.82, 2.24) is 4.72 Å². The minimum atomic E-state index is -3.60. The molecule has 2 unspecified atom stereocenters. The topological polar surface area (TPSA) is 46.2 Å². The first-order valence-electron chi connectivity index (χ1n) is 6.51. The van der Waals surface area contributed by atoms with Gasteiger partial charge >= 0.3 is 0 Å². The van der Waals surface area contributed by atoms with Crippen LogP contribution in [0.5, 0.6) is 0 Å². The first kappa shape index (κ1) is 16.3. The van der Waals surface area contributed by atoms with Crippen molar-refractivity contribution in [3.8, 4) is 0 Å². The van der Waals surface area contributed by atoms with Crippen LogP contribution in [0.1, 0.15) is 26.2 Å². The van der Waals surface area contributed by atoms with Crippen molar-refractivity contribution < 1.29 is 12.8 Å². The first-order chi connectivity index (χ1) is 9.42. The van der Waals surface area contributed by atoms with Gasteiger partial charge < -0.3 is 0 Å². The van der Waals surface area contributed by atoms with Crippen LogP contribution in [-0.2, 0) is 10.0 Å². The highest BCUT2D eigenvalue weighted by Gasteiger charge is 2.29. The van der Waals surface area contributed by atoms with E-state index in [0.29, 0.717) is 5.25 Å². The van der Waals surface area contributed by atoms with Crippen molar-refractivity contribution in [3.05, 3.63) is 28.5 Å². The van der Waals surface area contributed by atoms with E-state index in [-0.39, 0.29) is 15.4 Å². The van der Waals surface area contributed by atoms with Gasteiger partial charge in [-0.1, -0.05) is 6.92 Å². The van der Waals surface area contributed by atoms with Gasteiger partial charge in [0.15, 0.2) is 0 Å². The minimum Gasteiger partial charge on any atom is -0.208 e. The zero-order valence-electron chi connectivity index (χ0n) is 11.1. The molecular formula is C13H17BrFNO2S2. The second-order valence-electron chi connectivity index (χ2n) is 4.78. The van der Waals surface area contributed by atoms with Gasteiger partial charge in [-0.05, 0) is 59.1 Å². The Morgan fingerprint density at radius 2 is 2.20 bits per heavy atom. The average Bonchev–Trinajstić information content (AvgIpc) is 2.75. The first-order valence-corrected chi connectivity index (χ1v) is 9.84. The van der Waals surface area contributed by atoms with E-state index in [1.165, 1.54) is 12.1 Å². The lowest BCUT2D eigenvalue weighted by Gasteiger charge is -2.14. The lowest BCUT2D eigenvalue weighted by atomic mass is 10.3. The Balaban J connectivity index is 2.08. The number of hydrogen-bond acceptors (Lipinski definition) is 3. The van der Waals surface area contributed by atoms with E-state index < -0.39 is 15.8 Å². The molecule has 1 fully saturated rings. The lowest BCUT2D eigenvalue weighted by molar-refractivity contribution is 0.551. The molecule has 0 spiro atoms. The quantitative estimate of drug-likeness (QED) is 0.848. The van der Waals surface area contributed by atoms with E-state index in [2.05, 4.69) is 27.6 Å². The number of sulfonamides is 1. The van der Waals surface area contributed by atoms with E-state index in [1.54, 1.807) is 0 Å². The molecule has 112 valence electrons. The van der Waals surface area contributed by atoms with E-state index in [9.17, 15) is 12.8 Å². The maximum atomic E-state index is 13.0. The lowest BCUT2D eigenvalue weighted by Crippen LogP contribution is -2.33. The third-order valence-corrected chi connectivity index (χ3v) is 7.02. The van der Waals surface area contributed by atoms with Crippen LogP contribution in [0.25, 0.3) is 0 Å². The van der Waals surface area contributed by atoms with Crippen LogP contribution in [0.3, 0.4) is 0 Å². The molecule has 20 heavy (non-hydrogen) atoms. The van der Waals surface area contributed by atoms with Gasteiger partial charge in [-0.2, -0.15) is 11.8 Å². The summed E-state index contributed by atoms with van der Waals surface area (Å²) in [6, 6.07) is 3.58. The fourth-order valence-corrected chi connectivity index (χ4v) is 5.89. The van der Waals surface area contributed by atoms with Crippen molar-refractivity contribution in [2.45, 2.75) is 42.4 Å². The van der Waals surface area contributed by atoms with Crippen molar-refractivity contribution in [1.29, 1.82) is 0 Å². The summed E-state index contributed by atoms with van der Waals surface area (Å²) in [6.45, 7) is 2.11. The smallest absolute Gasteiger partial charge is 0.208 e. The van der Waals surface area contributed by atoms with E-state index in [0.717, 1.165) is 31.1 Å². The normalized spacial score (nSPS) is 23.1. The third-order valence-electron chi connectivity index (χ3n) is 3.29. The standard InChI is InChI=1S/C13H17BrFNO2S2/c1-2-19-11-5-4-10(8-11)16-20(17,18)13-6-3-9(15)7-12(13)14/h3,6-7,10-11,16H,2,4-5,8H2,1H3. The molecule has 1 aromatic rings. The van der Waals surface area contributed by atoms with Crippen LogP contribution in [0.4, 0.5) is 4.39 Å². The summed E-state index contributed by atoms with van der Waals surface area (Å²) in [4.78, 5) is 0.0884. The van der Waals surface area contributed by atoms with Crippen LogP contribution in [0, 0.1) is 5.82 Å². The molecule has 2 atom stereocenters. The van der Waals surface area contributed by atoms with Gasteiger partial charge in [-0.15, -0.1) is 0 Å². The van der Waals surface area contributed by atoms with Crippen molar-refractivity contribution in [3.63, 3.8) is 0 Å². The minimum absolute atomic E-state index is 0.0268. The Morgan fingerprint density at radius 1 is 1.45 bits per heavy atom. The molecule has 1 aromatic carbocycles. The second-order valence-corrected chi connectivity index (χ2v) is 8.90. The zero-order chi connectivity index (χ0) is 14.8. The van der Waals surface area contributed by atoms with Crippen LogP contribution >= 0.6 is 27.7 Å². The maximum Gasteiger partial charge on any atom is 0.241 e. The molecule has 1 aliphatic rings. The number of rotatable bonds is 5. The Kier molecular flexibility index (Phi) is 5.50. The van der Waals surface area contributed by atoms with Crippen LogP contribution in [0.2, 0.25) is 0 Å². The Bertz CT molecular complexity index is 580. The Labute approximate surface area is 131 Å². The Hall–Kier alpha value is -0.110. The predicted octanol–water partition coefficient (Wildman–Crippen LogP) is 3.54. The fourth-order valence-electron chi connectivity index (χ4n) is 2.41. The molecule has 7 heteroatoms. The summed E-state index contributed by atoms with van der Waals surface area (Å²) in [5.41, 5.74) is 0. The summed E-state index contributed by atoms with van der Waals surface area (Å²) in [5.74, 6) is 0.587. The van der Waals surface area contributed by atoms with E-state index in [1.807, 2.05) is 11.8 Å². The van der Waals surface area contributed by atoms with Gasteiger partial charge in [0.05, 0.1) is 4.90 Å². The van der Waals surface area contributed by atoms with Crippen molar-refractivity contribution >= 4 is 37.7 Å². The molecule has 0 aromatic heterocycles. The molecule has 1 aliphatic carbocycles. The highest BCUT2D eigenvalue weighted by atomic mass is 79.9. The molecule has 0 amide bonds. The molecule has 0 aliphatic heterocycles. The summed E-state index contributed by atoms with van der Waals surface area (Å²) in [6.07, 6.45) is 2.75. The molecule has 1 saturated carbocycles. The molecular weight excluding hydrogens is 365 g/mol. The summed E-state index contributed by atoms with van der Waals surface area (Å²) in [7, 11) is -3.60. The summed E-state index contributed by atoms with van der Waals surface area (Å²) >= 11 is 4.98. The van der Waals surface area contributed by atoms with Crippen LogP contribution in [0.15, 0.2) is 27.6 Å². The van der Waals surface area contributed by atoms with Gasteiger partial charge in [-0.3, -0.25) is 0 Å². The largest absolute Gasteiger partial charge is 0.241 e. The van der Waals surface area contributed by atoms with E-state index in [4.69, 9.17) is 0 Å². The van der Waals surface area contributed by atoms with Crippen LogP contribution < -0.4 is 4.72 Å². The predicted molar refractivity (Wildman–Crippen MR) is 84.0 cm³/mol. The number of nitrogens with one attached hydrogen (secondary N) is 1. The van der Waals surface area contributed by atoms with Gasteiger partial charge in [0.1, 0.15) is 5.82 Å². The highest BCUT2D eigenvalue weighted by Crippen LogP contribution is 2.31. The third kappa shape index (κ3) is 3.96. The maximum absolute atomic E-state index is 13.0. The monoisotopic (exact) mass is 381 g/mol. The number of benzene rings is 1. The Morgan fingerprint density at radius 3 is 2.85 bits per heavy atom. The van der Waals surface area contributed by atoms with Gasteiger partial charge in [-0.25, -0.2) is 17.5 Å². The second kappa shape index (κ2) is 6.77. The zero-order valence-corrected chi connectivity index (χ0v) is 14.3. The number of halogens is 2. The highest BCUT2D eigenvalue weighted by molar-refractivity contribution is 9.10. The fraction of sp³-hybridized carbons (Fsp3) is 0.538. The van der Waals surface area contributed by atoms with Crippen LogP contribution in [-0.4, -0.2) is 25.5 Å². The summed E-state index contributed by atoms with van der Waals surface area (Å²) < 4.78 is 40.6. The average molecular weight is 382 g/mol. The molecule has 0 bridgehead atoms. The molecule has 2 rings (SSSR count). The van der Waals surface area contributed by atoms with Crippen molar-refractivity contribution in [2.75, 3.05) is 5.75 Å². The summed E-state index contributed by atoms with van der Waals surface area (Å²) in [5, 5.41) is 0.532. The number of hydrogen-bond donors (Lipinski definition) is 1. The molecule has 1 N–H and O–H groups in total. The van der Waals surface area contributed by atoms with Gasteiger partial charge in [0.25, 0.3) is 0 Å². The molecule has 3 nitrogen and oxygen atoms in total. The van der Waals surface area contributed by atoms with Gasteiger partial charge in [0.2, 0.25) is 10.0 Å². The molecule has 0 heterocycles. The van der Waals surface area contributed by atoms with Crippen molar-refractivity contribution in [2.24, 2.45) is 0 Å². The SMILES string of the molecule is CCSC1CCC(NS(=O)(=O)c2ccc(F)cc2Br)C1. The molecule has 0 saturated heterocycles. The van der Waals surface area contributed by atoms with E-state index >= 15 is 0 Å². The molecule has 0 radical (unpaired) electrons. The number of thioether (sulfide) groups is 1.